The summed E-state index contributed by atoms with van der Waals surface area (Å²) >= 11 is 0. The standard InChI is InChI=1S/C12H19N.C2H6/c1-4-13-12-7-5-11(6-8-12)9-10(2)3;1-2/h5-8,10,13H,4,9H2,1-3H3;1-2H3. The number of rotatable bonds is 4. The van der Waals surface area contributed by atoms with Crippen LogP contribution >= 0.6 is 0 Å². The van der Waals surface area contributed by atoms with E-state index in [2.05, 4.69) is 50.4 Å². The van der Waals surface area contributed by atoms with Gasteiger partial charge in [0.25, 0.3) is 0 Å². The van der Waals surface area contributed by atoms with Crippen molar-refractivity contribution in [3.8, 4) is 0 Å². The third-order valence-electron chi connectivity index (χ3n) is 1.98. The number of nitrogens with one attached hydrogen (secondary N) is 1. The van der Waals surface area contributed by atoms with Crippen molar-refractivity contribution in [2.24, 2.45) is 5.92 Å². The normalized spacial score (nSPS) is 9.47. The highest BCUT2D eigenvalue weighted by Crippen LogP contribution is 2.12. The second-order valence-electron chi connectivity index (χ2n) is 3.83. The molecule has 0 atom stereocenters. The summed E-state index contributed by atoms with van der Waals surface area (Å²) < 4.78 is 0. The number of hydrogen-bond donors (Lipinski definition) is 1. The lowest BCUT2D eigenvalue weighted by Gasteiger charge is -2.06. The molecule has 0 saturated carbocycles. The first-order valence-electron chi connectivity index (χ1n) is 6.05. The van der Waals surface area contributed by atoms with Crippen molar-refractivity contribution in [2.75, 3.05) is 11.9 Å². The number of benzene rings is 1. The Hall–Kier alpha value is -0.980. The van der Waals surface area contributed by atoms with Crippen LogP contribution in [0.15, 0.2) is 24.3 Å². The molecule has 0 heterocycles. The van der Waals surface area contributed by atoms with Crippen LogP contribution in [0.25, 0.3) is 0 Å². The van der Waals surface area contributed by atoms with E-state index in [9.17, 15) is 0 Å². The van der Waals surface area contributed by atoms with Crippen molar-refractivity contribution >= 4 is 5.69 Å². The summed E-state index contributed by atoms with van der Waals surface area (Å²) in [5.41, 5.74) is 2.65. The zero-order valence-corrected chi connectivity index (χ0v) is 10.8. The van der Waals surface area contributed by atoms with Gasteiger partial charge in [-0.15, -0.1) is 0 Å². The van der Waals surface area contributed by atoms with Gasteiger partial charge in [-0.2, -0.15) is 0 Å². The molecule has 0 spiro atoms. The van der Waals surface area contributed by atoms with Gasteiger partial charge < -0.3 is 5.32 Å². The minimum Gasteiger partial charge on any atom is -0.385 e. The van der Waals surface area contributed by atoms with Gasteiger partial charge in [0.15, 0.2) is 0 Å². The predicted molar refractivity (Wildman–Crippen MR) is 70.5 cm³/mol. The Labute approximate surface area is 94.9 Å². The Kier molecular flexibility index (Phi) is 7.79. The lowest BCUT2D eigenvalue weighted by molar-refractivity contribution is 0.647. The van der Waals surface area contributed by atoms with Crippen molar-refractivity contribution in [3.05, 3.63) is 29.8 Å². The number of anilines is 1. The molecular formula is C14H25N. The molecule has 1 heteroatoms. The molecule has 86 valence electrons. The molecule has 1 rings (SSSR count). The largest absolute Gasteiger partial charge is 0.385 e. The monoisotopic (exact) mass is 207 g/mol. The van der Waals surface area contributed by atoms with Crippen molar-refractivity contribution in [1.29, 1.82) is 0 Å². The zero-order valence-electron chi connectivity index (χ0n) is 10.8. The molecule has 0 bridgehead atoms. The van der Waals surface area contributed by atoms with E-state index in [4.69, 9.17) is 0 Å². The summed E-state index contributed by atoms with van der Waals surface area (Å²) in [4.78, 5) is 0. The van der Waals surface area contributed by atoms with Gasteiger partial charge in [-0.05, 0) is 37.0 Å². The van der Waals surface area contributed by atoms with Crippen LogP contribution in [0.2, 0.25) is 0 Å². The van der Waals surface area contributed by atoms with Crippen molar-refractivity contribution in [3.63, 3.8) is 0 Å². The van der Waals surface area contributed by atoms with Gasteiger partial charge in [0.1, 0.15) is 0 Å². The Bertz CT molecular complexity index is 236. The maximum Gasteiger partial charge on any atom is 0.0340 e. The lowest BCUT2D eigenvalue weighted by atomic mass is 10.0. The molecule has 0 saturated heterocycles. The SMILES string of the molecule is CC.CCNc1ccc(CC(C)C)cc1. The Morgan fingerprint density at radius 2 is 1.60 bits per heavy atom. The summed E-state index contributed by atoms with van der Waals surface area (Å²) in [5, 5.41) is 3.29. The van der Waals surface area contributed by atoms with Gasteiger partial charge in [0.2, 0.25) is 0 Å². The van der Waals surface area contributed by atoms with E-state index in [1.165, 1.54) is 17.7 Å². The molecule has 1 nitrogen and oxygen atoms in total. The molecular weight excluding hydrogens is 182 g/mol. The van der Waals surface area contributed by atoms with Crippen LogP contribution in [0.3, 0.4) is 0 Å². The molecule has 0 aromatic heterocycles. The zero-order chi connectivity index (χ0) is 11.7. The van der Waals surface area contributed by atoms with Gasteiger partial charge in [-0.25, -0.2) is 0 Å². The predicted octanol–water partition coefficient (Wildman–Crippen LogP) is 4.34. The van der Waals surface area contributed by atoms with E-state index in [0.717, 1.165) is 12.5 Å². The van der Waals surface area contributed by atoms with Crippen LogP contribution in [0, 0.1) is 5.92 Å². The van der Waals surface area contributed by atoms with E-state index < -0.39 is 0 Å². The molecule has 1 N–H and O–H groups in total. The van der Waals surface area contributed by atoms with E-state index >= 15 is 0 Å². The Balaban J connectivity index is 0.000000921. The third kappa shape index (κ3) is 6.16. The maximum absolute atomic E-state index is 3.29. The van der Waals surface area contributed by atoms with Crippen LogP contribution < -0.4 is 5.32 Å². The highest BCUT2D eigenvalue weighted by molar-refractivity contribution is 5.44. The Morgan fingerprint density at radius 1 is 1.07 bits per heavy atom. The van der Waals surface area contributed by atoms with Crippen molar-refractivity contribution < 1.29 is 0 Å². The number of hydrogen-bond acceptors (Lipinski definition) is 1. The molecule has 0 amide bonds. The van der Waals surface area contributed by atoms with Gasteiger partial charge in [0.05, 0.1) is 0 Å². The van der Waals surface area contributed by atoms with Crippen LogP contribution in [0.4, 0.5) is 5.69 Å². The third-order valence-corrected chi connectivity index (χ3v) is 1.98. The summed E-state index contributed by atoms with van der Waals surface area (Å²) in [6.45, 7) is 11.6. The van der Waals surface area contributed by atoms with Crippen molar-refractivity contribution in [1.82, 2.24) is 0 Å². The first-order chi connectivity index (χ1) is 7.22. The van der Waals surface area contributed by atoms with Gasteiger partial charge >= 0.3 is 0 Å². The van der Waals surface area contributed by atoms with E-state index in [0.29, 0.717) is 0 Å². The topological polar surface area (TPSA) is 12.0 Å². The highest BCUT2D eigenvalue weighted by atomic mass is 14.8. The van der Waals surface area contributed by atoms with E-state index in [1.807, 2.05) is 13.8 Å². The van der Waals surface area contributed by atoms with Crippen LogP contribution in [-0.2, 0) is 6.42 Å². The quantitative estimate of drug-likeness (QED) is 0.774. The minimum atomic E-state index is 0.741. The Morgan fingerprint density at radius 3 is 2.00 bits per heavy atom. The fraction of sp³-hybridized carbons (Fsp3) is 0.571. The van der Waals surface area contributed by atoms with Crippen LogP contribution in [-0.4, -0.2) is 6.54 Å². The fourth-order valence-electron chi connectivity index (χ4n) is 1.43. The highest BCUT2D eigenvalue weighted by Gasteiger charge is 1.96. The van der Waals surface area contributed by atoms with E-state index in [-0.39, 0.29) is 0 Å². The molecule has 0 aliphatic rings. The minimum absolute atomic E-state index is 0.741. The average molecular weight is 207 g/mol. The molecule has 1 aromatic rings. The average Bonchev–Trinajstić information content (AvgIpc) is 2.24. The van der Waals surface area contributed by atoms with Crippen LogP contribution in [0.5, 0.6) is 0 Å². The van der Waals surface area contributed by atoms with Gasteiger partial charge in [-0.1, -0.05) is 39.8 Å². The summed E-state index contributed by atoms with van der Waals surface area (Å²) in [5.74, 6) is 0.741. The second kappa shape index (κ2) is 8.34. The first-order valence-corrected chi connectivity index (χ1v) is 6.05. The molecule has 0 aliphatic heterocycles. The maximum atomic E-state index is 3.29. The fourth-order valence-corrected chi connectivity index (χ4v) is 1.43. The first kappa shape index (κ1) is 14.0. The molecule has 0 unspecified atom stereocenters. The smallest absolute Gasteiger partial charge is 0.0340 e. The molecule has 15 heavy (non-hydrogen) atoms. The summed E-state index contributed by atoms with van der Waals surface area (Å²) in [6.07, 6.45) is 1.17. The van der Waals surface area contributed by atoms with Crippen LogP contribution in [0.1, 0.15) is 40.2 Å². The summed E-state index contributed by atoms with van der Waals surface area (Å²) in [7, 11) is 0. The molecule has 0 aliphatic carbocycles. The second-order valence-corrected chi connectivity index (χ2v) is 3.83. The van der Waals surface area contributed by atoms with Crippen molar-refractivity contribution in [2.45, 2.75) is 41.0 Å². The molecule has 1 aromatic carbocycles. The van der Waals surface area contributed by atoms with Gasteiger partial charge in [0, 0.05) is 12.2 Å². The lowest BCUT2D eigenvalue weighted by Crippen LogP contribution is -1.97. The summed E-state index contributed by atoms with van der Waals surface area (Å²) in [6, 6.07) is 8.72. The molecule has 0 fully saturated rings. The van der Waals surface area contributed by atoms with E-state index in [1.54, 1.807) is 0 Å². The van der Waals surface area contributed by atoms with Gasteiger partial charge in [-0.3, -0.25) is 0 Å². The molecule has 0 radical (unpaired) electrons.